The number of aliphatic hydroxyl groups is 2. The third-order valence-corrected chi connectivity index (χ3v) is 11.5. The number of amides is 1. The minimum Gasteiger partial charge on any atom is -0.462 e. The molecule has 0 aliphatic carbocycles. The molecule has 0 aromatic carbocycles. The molecule has 0 aromatic rings. The Labute approximate surface area is 366 Å². The number of aliphatic hydroxyl groups excluding tert-OH is 2. The first-order valence-corrected chi connectivity index (χ1v) is 25.4. The van der Waals surface area contributed by atoms with E-state index >= 15 is 0 Å². The van der Waals surface area contributed by atoms with Crippen molar-refractivity contribution in [2.75, 3.05) is 6.61 Å². The molecule has 6 nitrogen and oxygen atoms in total. The summed E-state index contributed by atoms with van der Waals surface area (Å²) >= 11 is 0. The van der Waals surface area contributed by atoms with Gasteiger partial charge in [0.05, 0.1) is 25.2 Å². The maximum absolute atomic E-state index is 13.2. The fourth-order valence-corrected chi connectivity index (χ4v) is 7.60. The van der Waals surface area contributed by atoms with Gasteiger partial charge in [0.15, 0.2) is 0 Å². The average Bonchev–Trinajstić information content (AvgIpc) is 3.23. The molecule has 0 aliphatic heterocycles. The second-order valence-corrected chi connectivity index (χ2v) is 17.2. The maximum Gasteiger partial charge on any atom is 0.306 e. The summed E-state index contributed by atoms with van der Waals surface area (Å²) in [7, 11) is 0. The van der Waals surface area contributed by atoms with Gasteiger partial charge in [-0.2, -0.15) is 0 Å². The second kappa shape index (κ2) is 46.9. The molecule has 1 amide bonds. The number of unbranched alkanes of at least 4 members (excludes halogenated alkanes) is 27. The number of nitrogens with one attached hydrogen (secondary N) is 1. The summed E-state index contributed by atoms with van der Waals surface area (Å²) in [6.07, 6.45) is 56.0. The van der Waals surface area contributed by atoms with Crippen LogP contribution in [0.4, 0.5) is 0 Å². The van der Waals surface area contributed by atoms with E-state index in [1.165, 1.54) is 128 Å². The van der Waals surface area contributed by atoms with Gasteiger partial charge in [0.25, 0.3) is 0 Å². The molecule has 0 spiro atoms. The Morgan fingerprint density at radius 1 is 0.508 bits per heavy atom. The number of hydrogen-bond acceptors (Lipinski definition) is 5. The van der Waals surface area contributed by atoms with Gasteiger partial charge in [-0.1, -0.05) is 217 Å². The van der Waals surface area contributed by atoms with Crippen molar-refractivity contribution < 1.29 is 24.5 Å². The third kappa shape index (κ3) is 42.3. The van der Waals surface area contributed by atoms with Crippen molar-refractivity contribution in [3.05, 3.63) is 48.6 Å². The van der Waals surface area contributed by atoms with Crippen molar-refractivity contribution >= 4 is 11.9 Å². The highest BCUT2D eigenvalue weighted by Crippen LogP contribution is 2.17. The summed E-state index contributed by atoms with van der Waals surface area (Å²) < 4.78 is 5.90. The Balaban J connectivity index is 4.56. The van der Waals surface area contributed by atoms with Gasteiger partial charge >= 0.3 is 5.97 Å². The molecule has 3 atom stereocenters. The maximum atomic E-state index is 13.2. The smallest absolute Gasteiger partial charge is 0.306 e. The van der Waals surface area contributed by atoms with Gasteiger partial charge in [-0.05, 0) is 70.6 Å². The van der Waals surface area contributed by atoms with E-state index in [1.54, 1.807) is 0 Å². The van der Waals surface area contributed by atoms with Crippen LogP contribution in [-0.4, -0.2) is 46.9 Å². The topological polar surface area (TPSA) is 95.9 Å². The first-order valence-electron chi connectivity index (χ1n) is 25.4. The van der Waals surface area contributed by atoms with Crippen molar-refractivity contribution in [3.63, 3.8) is 0 Å². The van der Waals surface area contributed by atoms with E-state index < -0.39 is 18.2 Å². The summed E-state index contributed by atoms with van der Waals surface area (Å²) in [5.74, 6) is -0.515. The fourth-order valence-electron chi connectivity index (χ4n) is 7.60. The van der Waals surface area contributed by atoms with Gasteiger partial charge in [-0.3, -0.25) is 9.59 Å². The number of carbonyl (C=O) groups is 2. The third-order valence-electron chi connectivity index (χ3n) is 11.5. The largest absolute Gasteiger partial charge is 0.462 e. The van der Waals surface area contributed by atoms with Crippen LogP contribution >= 0.6 is 0 Å². The molecule has 344 valence electrons. The van der Waals surface area contributed by atoms with Crippen LogP contribution in [-0.2, 0) is 14.3 Å². The van der Waals surface area contributed by atoms with E-state index in [2.05, 4.69) is 62.5 Å². The molecular weight excluding hydrogens is 731 g/mol. The van der Waals surface area contributed by atoms with Crippen molar-refractivity contribution in [1.29, 1.82) is 0 Å². The molecule has 0 heterocycles. The van der Waals surface area contributed by atoms with Gasteiger partial charge in [0.2, 0.25) is 5.91 Å². The summed E-state index contributed by atoms with van der Waals surface area (Å²) in [5, 5.41) is 23.7. The van der Waals surface area contributed by atoms with Crippen molar-refractivity contribution in [3.8, 4) is 0 Å². The summed E-state index contributed by atoms with van der Waals surface area (Å²) in [6.45, 7) is 6.34. The zero-order valence-corrected chi connectivity index (χ0v) is 39.1. The fraction of sp³-hybridized carbons (Fsp3) is 0.811. The Kier molecular flexibility index (Phi) is 45.1. The summed E-state index contributed by atoms with van der Waals surface area (Å²) in [6, 6.07) is -0.713. The first kappa shape index (κ1) is 56.8. The highest BCUT2D eigenvalue weighted by atomic mass is 16.5. The van der Waals surface area contributed by atoms with Crippen molar-refractivity contribution in [2.45, 2.75) is 270 Å². The molecule has 6 heteroatoms. The SMILES string of the molecule is CC/C=C/C=C/C=C\CCCCCC(CC(=O)NC(CO)C(O)CCCCCCCCCCCCCCC)OC(=O)CCCCCCC/C=C/CCCCCCCCC. The minimum atomic E-state index is -0.797. The van der Waals surface area contributed by atoms with Crippen LogP contribution in [0.3, 0.4) is 0 Å². The average molecular weight is 828 g/mol. The number of carbonyl (C=O) groups excluding carboxylic acids is 2. The molecule has 0 fully saturated rings. The minimum absolute atomic E-state index is 0.0517. The molecule has 0 saturated heterocycles. The lowest BCUT2D eigenvalue weighted by Crippen LogP contribution is -2.46. The van der Waals surface area contributed by atoms with Crippen LogP contribution in [0.25, 0.3) is 0 Å². The molecule has 0 rings (SSSR count). The van der Waals surface area contributed by atoms with Crippen LogP contribution in [0.5, 0.6) is 0 Å². The van der Waals surface area contributed by atoms with Crippen LogP contribution < -0.4 is 5.32 Å². The molecule has 0 aromatic heterocycles. The molecular formula is C53H97NO5. The number of hydrogen-bond donors (Lipinski definition) is 3. The molecule has 3 N–H and O–H groups in total. The normalized spacial score (nSPS) is 13.6. The standard InChI is InChI=1S/C53H97NO5/c1-4-7-10-13-16-19-22-24-25-26-28-31-34-37-40-43-46-53(58)59-49(44-41-38-35-32-29-21-18-15-12-9-6-3)47-52(57)54-50(48-55)51(56)45-42-39-36-33-30-27-23-20-17-14-11-8-5-2/h9,12,15,18,21,25-26,29,49-51,55-56H,4-8,10-11,13-14,16-17,19-20,22-24,27-28,30-48H2,1-3H3,(H,54,57)/b12-9+,18-15+,26-25+,29-21-. The van der Waals surface area contributed by atoms with Crippen molar-refractivity contribution in [1.82, 2.24) is 5.32 Å². The Bertz CT molecular complexity index is 1020. The zero-order chi connectivity index (χ0) is 43.1. The summed E-state index contributed by atoms with van der Waals surface area (Å²) in [4.78, 5) is 26.1. The Morgan fingerprint density at radius 3 is 1.44 bits per heavy atom. The molecule has 3 unspecified atom stereocenters. The zero-order valence-electron chi connectivity index (χ0n) is 39.1. The van der Waals surface area contributed by atoms with Crippen LogP contribution in [0.15, 0.2) is 48.6 Å². The van der Waals surface area contributed by atoms with Gasteiger partial charge in [-0.25, -0.2) is 0 Å². The summed E-state index contributed by atoms with van der Waals surface area (Å²) in [5.41, 5.74) is 0. The quantitative estimate of drug-likeness (QED) is 0.0246. The molecule has 0 saturated carbocycles. The molecule has 59 heavy (non-hydrogen) atoms. The van der Waals surface area contributed by atoms with Crippen LogP contribution in [0.1, 0.15) is 252 Å². The van der Waals surface area contributed by atoms with Gasteiger partial charge in [0, 0.05) is 6.42 Å². The molecule has 0 radical (unpaired) electrons. The van der Waals surface area contributed by atoms with E-state index in [0.717, 1.165) is 77.0 Å². The Hall–Kier alpha value is -2.18. The van der Waals surface area contributed by atoms with Crippen LogP contribution in [0, 0.1) is 0 Å². The van der Waals surface area contributed by atoms with Crippen molar-refractivity contribution in [2.24, 2.45) is 0 Å². The lowest BCUT2D eigenvalue weighted by Gasteiger charge is -2.24. The van der Waals surface area contributed by atoms with Gasteiger partial charge < -0.3 is 20.3 Å². The number of allylic oxidation sites excluding steroid dienone is 8. The number of ether oxygens (including phenoxy) is 1. The predicted molar refractivity (Wildman–Crippen MR) is 255 cm³/mol. The van der Waals surface area contributed by atoms with E-state index in [1.807, 2.05) is 12.2 Å². The van der Waals surface area contributed by atoms with Gasteiger partial charge in [0.1, 0.15) is 6.10 Å². The predicted octanol–water partition coefficient (Wildman–Crippen LogP) is 15.1. The van der Waals surface area contributed by atoms with E-state index in [4.69, 9.17) is 4.74 Å². The Morgan fingerprint density at radius 2 is 0.932 bits per heavy atom. The highest BCUT2D eigenvalue weighted by molar-refractivity contribution is 5.77. The monoisotopic (exact) mass is 828 g/mol. The van der Waals surface area contributed by atoms with E-state index in [-0.39, 0.29) is 24.9 Å². The second-order valence-electron chi connectivity index (χ2n) is 17.2. The van der Waals surface area contributed by atoms with E-state index in [0.29, 0.717) is 19.3 Å². The molecule has 0 aliphatic rings. The molecule has 0 bridgehead atoms. The lowest BCUT2D eigenvalue weighted by molar-refractivity contribution is -0.151. The lowest BCUT2D eigenvalue weighted by atomic mass is 10.0. The first-order chi connectivity index (χ1) is 29.0. The van der Waals surface area contributed by atoms with Gasteiger partial charge in [-0.15, -0.1) is 0 Å². The highest BCUT2D eigenvalue weighted by Gasteiger charge is 2.24. The number of rotatable bonds is 45. The van der Waals surface area contributed by atoms with E-state index in [9.17, 15) is 19.8 Å². The van der Waals surface area contributed by atoms with Crippen LogP contribution in [0.2, 0.25) is 0 Å². The number of esters is 1.